The summed E-state index contributed by atoms with van der Waals surface area (Å²) in [7, 11) is 1.61. The van der Waals surface area contributed by atoms with E-state index in [4.69, 9.17) is 0 Å². The summed E-state index contributed by atoms with van der Waals surface area (Å²) in [4.78, 5) is 36.1. The molecule has 0 spiro atoms. The van der Waals surface area contributed by atoms with Gasteiger partial charge >= 0.3 is 0 Å². The van der Waals surface area contributed by atoms with E-state index in [0.29, 0.717) is 18.9 Å². The van der Waals surface area contributed by atoms with Gasteiger partial charge in [0.2, 0.25) is 17.8 Å². The van der Waals surface area contributed by atoms with Gasteiger partial charge in [0.1, 0.15) is 0 Å². The van der Waals surface area contributed by atoms with Crippen LogP contribution in [0.25, 0.3) is 0 Å². The molecule has 2 fully saturated rings. The highest BCUT2D eigenvalue weighted by atomic mass is 16.2. The number of carbonyl (C=O) groups is 2. The average Bonchev–Trinajstić information content (AvgIpc) is 2.80. The van der Waals surface area contributed by atoms with Crippen molar-refractivity contribution in [2.24, 2.45) is 5.92 Å². The molecule has 7 heteroatoms. The molecule has 2 aliphatic heterocycles. The minimum atomic E-state index is -0.216. The lowest BCUT2D eigenvalue weighted by molar-refractivity contribution is -0.130. The van der Waals surface area contributed by atoms with Crippen LogP contribution in [-0.2, 0) is 9.59 Å². The summed E-state index contributed by atoms with van der Waals surface area (Å²) in [6.45, 7) is 3.93. The lowest BCUT2D eigenvalue weighted by atomic mass is 10.1. The van der Waals surface area contributed by atoms with Crippen molar-refractivity contribution in [3.8, 4) is 0 Å². The lowest BCUT2D eigenvalue weighted by Crippen LogP contribution is -2.60. The minimum Gasteiger partial charge on any atom is -0.359 e. The number of amides is 2. The first-order valence-electron chi connectivity index (χ1n) is 7.13. The molecule has 1 N–H and O–H groups in total. The summed E-state index contributed by atoms with van der Waals surface area (Å²) in [6, 6.07) is 0.164. The van der Waals surface area contributed by atoms with Crippen LogP contribution in [0.2, 0.25) is 0 Å². The summed E-state index contributed by atoms with van der Waals surface area (Å²) < 4.78 is 0. The molecular weight excluding hydrogens is 270 g/mol. The van der Waals surface area contributed by atoms with Crippen molar-refractivity contribution in [3.05, 3.63) is 18.0 Å². The van der Waals surface area contributed by atoms with Gasteiger partial charge in [0.15, 0.2) is 0 Å². The van der Waals surface area contributed by atoms with Crippen LogP contribution in [0.3, 0.4) is 0 Å². The van der Waals surface area contributed by atoms with Crippen LogP contribution in [0, 0.1) is 12.8 Å². The number of rotatable bonds is 3. The Balaban J connectivity index is 1.58. The predicted octanol–water partition coefficient (Wildman–Crippen LogP) is -0.432. The number of hydrogen-bond donors (Lipinski definition) is 1. The summed E-state index contributed by atoms with van der Waals surface area (Å²) >= 11 is 0. The van der Waals surface area contributed by atoms with Gasteiger partial charge in [-0.25, -0.2) is 9.97 Å². The zero-order valence-electron chi connectivity index (χ0n) is 12.2. The Morgan fingerprint density at radius 2 is 1.95 bits per heavy atom. The van der Waals surface area contributed by atoms with Gasteiger partial charge in [0.25, 0.3) is 0 Å². The fourth-order valence-electron chi connectivity index (χ4n) is 2.83. The van der Waals surface area contributed by atoms with E-state index in [1.807, 2.05) is 16.7 Å². The van der Waals surface area contributed by atoms with E-state index in [1.165, 1.54) is 0 Å². The van der Waals surface area contributed by atoms with Gasteiger partial charge in [-0.05, 0) is 12.5 Å². The maximum Gasteiger partial charge on any atom is 0.225 e. The Morgan fingerprint density at radius 1 is 1.29 bits per heavy atom. The molecular formula is C14H19N5O2. The number of aromatic nitrogens is 2. The van der Waals surface area contributed by atoms with E-state index in [9.17, 15) is 9.59 Å². The molecule has 3 rings (SSSR count). The van der Waals surface area contributed by atoms with Gasteiger partial charge in [0, 0.05) is 45.5 Å². The Kier molecular flexibility index (Phi) is 3.48. The third-order valence-electron chi connectivity index (χ3n) is 4.13. The fraction of sp³-hybridized carbons (Fsp3) is 0.571. The van der Waals surface area contributed by atoms with E-state index in [0.717, 1.165) is 18.7 Å². The first kappa shape index (κ1) is 13.8. The van der Waals surface area contributed by atoms with E-state index >= 15 is 0 Å². The second kappa shape index (κ2) is 5.31. The van der Waals surface area contributed by atoms with Crippen LogP contribution >= 0.6 is 0 Å². The second-order valence-corrected chi connectivity index (χ2v) is 5.68. The molecule has 21 heavy (non-hydrogen) atoms. The van der Waals surface area contributed by atoms with Crippen molar-refractivity contribution in [3.63, 3.8) is 0 Å². The predicted molar refractivity (Wildman–Crippen MR) is 76.7 cm³/mol. The molecule has 0 radical (unpaired) electrons. The van der Waals surface area contributed by atoms with Gasteiger partial charge in [-0.1, -0.05) is 0 Å². The number of aryl methyl sites for hydroxylation is 1. The molecule has 1 aromatic heterocycles. The molecule has 3 heterocycles. The third kappa shape index (κ3) is 2.55. The number of nitrogens with zero attached hydrogens (tertiary/aromatic N) is 4. The summed E-state index contributed by atoms with van der Waals surface area (Å²) in [5.41, 5.74) is 1.03. The molecule has 0 aromatic carbocycles. The molecule has 1 unspecified atom stereocenters. The maximum atomic E-state index is 12.0. The van der Waals surface area contributed by atoms with Crippen molar-refractivity contribution < 1.29 is 9.59 Å². The van der Waals surface area contributed by atoms with Crippen molar-refractivity contribution >= 4 is 17.8 Å². The third-order valence-corrected chi connectivity index (χ3v) is 4.13. The van der Waals surface area contributed by atoms with Crippen LogP contribution in [0.15, 0.2) is 12.4 Å². The molecule has 0 aliphatic carbocycles. The number of hydrogen-bond acceptors (Lipinski definition) is 5. The molecule has 112 valence electrons. The Labute approximate surface area is 123 Å². The van der Waals surface area contributed by atoms with Crippen LogP contribution in [0.1, 0.15) is 12.0 Å². The van der Waals surface area contributed by atoms with Crippen LogP contribution in [-0.4, -0.2) is 59.4 Å². The van der Waals surface area contributed by atoms with Crippen LogP contribution in [0.5, 0.6) is 0 Å². The second-order valence-electron chi connectivity index (χ2n) is 5.68. The smallest absolute Gasteiger partial charge is 0.225 e. The fourth-order valence-corrected chi connectivity index (χ4v) is 2.83. The first-order valence-corrected chi connectivity index (χ1v) is 7.13. The Bertz CT molecular complexity index is 553. The quantitative estimate of drug-likeness (QED) is 0.817. The number of carbonyl (C=O) groups excluding carboxylic acids is 2. The zero-order valence-corrected chi connectivity index (χ0v) is 12.2. The minimum absolute atomic E-state index is 0.0519. The van der Waals surface area contributed by atoms with E-state index in [1.54, 1.807) is 19.4 Å². The summed E-state index contributed by atoms with van der Waals surface area (Å²) in [6.07, 6.45) is 3.90. The van der Waals surface area contributed by atoms with Crippen LogP contribution in [0.4, 0.5) is 5.95 Å². The molecule has 0 bridgehead atoms. The maximum absolute atomic E-state index is 12.0. The highest BCUT2D eigenvalue weighted by Gasteiger charge is 2.42. The standard InChI is InChI=1S/C14H19N5O2/c1-9-4-16-14(17-5-9)18-7-11(8-18)19-6-10(3-12(19)20)13(21)15-2/h4-5,10-11H,3,6-8H2,1-2H3,(H,15,21). The van der Waals surface area contributed by atoms with Crippen molar-refractivity contribution in [1.82, 2.24) is 20.2 Å². The molecule has 1 aromatic rings. The highest BCUT2D eigenvalue weighted by Crippen LogP contribution is 2.26. The molecule has 7 nitrogen and oxygen atoms in total. The van der Waals surface area contributed by atoms with Gasteiger partial charge in [-0.2, -0.15) is 0 Å². The monoisotopic (exact) mass is 289 g/mol. The highest BCUT2D eigenvalue weighted by molar-refractivity contribution is 5.89. The van der Waals surface area contributed by atoms with Gasteiger partial charge in [0.05, 0.1) is 12.0 Å². The molecule has 0 saturated carbocycles. The Morgan fingerprint density at radius 3 is 2.57 bits per heavy atom. The van der Waals surface area contributed by atoms with Crippen molar-refractivity contribution in [2.75, 3.05) is 31.6 Å². The van der Waals surface area contributed by atoms with Gasteiger partial charge < -0.3 is 15.1 Å². The number of anilines is 1. The van der Waals surface area contributed by atoms with Gasteiger partial charge in [-0.3, -0.25) is 9.59 Å². The molecule has 2 saturated heterocycles. The topological polar surface area (TPSA) is 78.4 Å². The van der Waals surface area contributed by atoms with E-state index in [-0.39, 0.29) is 23.8 Å². The first-order chi connectivity index (χ1) is 10.1. The number of likely N-dealkylation sites (tertiary alicyclic amines) is 1. The molecule has 2 amide bonds. The average molecular weight is 289 g/mol. The Hall–Kier alpha value is -2.18. The SMILES string of the molecule is CNC(=O)C1CC(=O)N(C2CN(c3ncc(C)cn3)C2)C1. The summed E-state index contributed by atoms with van der Waals surface area (Å²) in [5.74, 6) is 0.500. The largest absolute Gasteiger partial charge is 0.359 e. The lowest BCUT2D eigenvalue weighted by Gasteiger charge is -2.44. The van der Waals surface area contributed by atoms with Crippen molar-refractivity contribution in [1.29, 1.82) is 0 Å². The summed E-state index contributed by atoms with van der Waals surface area (Å²) in [5, 5.41) is 2.61. The zero-order chi connectivity index (χ0) is 15.0. The van der Waals surface area contributed by atoms with E-state index < -0.39 is 0 Å². The van der Waals surface area contributed by atoms with E-state index in [2.05, 4.69) is 15.3 Å². The normalized spacial score (nSPS) is 22.4. The number of nitrogens with one attached hydrogen (secondary N) is 1. The molecule has 2 aliphatic rings. The van der Waals surface area contributed by atoms with Gasteiger partial charge in [-0.15, -0.1) is 0 Å². The van der Waals surface area contributed by atoms with Crippen molar-refractivity contribution in [2.45, 2.75) is 19.4 Å². The van der Waals surface area contributed by atoms with Crippen LogP contribution < -0.4 is 10.2 Å². The molecule has 1 atom stereocenters.